The molecule has 0 unspecified atom stereocenters. The van der Waals surface area contributed by atoms with Crippen molar-refractivity contribution in [2.75, 3.05) is 0 Å². The number of rotatable bonds is 5. The van der Waals surface area contributed by atoms with E-state index < -0.39 is 11.8 Å². The van der Waals surface area contributed by atoms with Crippen molar-refractivity contribution in [2.24, 2.45) is 4.99 Å². The summed E-state index contributed by atoms with van der Waals surface area (Å²) < 4.78 is 37.1. The molecular weight excluding hydrogens is 376 g/mol. The first-order valence-corrected chi connectivity index (χ1v) is 8.83. The number of cyclic esters (lactones) is 1. The van der Waals surface area contributed by atoms with Crippen LogP contribution in [0, 0.1) is 11.6 Å². The van der Waals surface area contributed by atoms with Gasteiger partial charge in [-0.05, 0) is 59.7 Å². The van der Waals surface area contributed by atoms with Gasteiger partial charge in [-0.15, -0.1) is 0 Å². The Balaban J connectivity index is 1.45. The number of nitrogens with zero attached hydrogens (tertiary/aromatic N) is 1. The molecule has 0 saturated carbocycles. The summed E-state index contributed by atoms with van der Waals surface area (Å²) in [5, 5.41) is 0. The highest BCUT2D eigenvalue weighted by Crippen LogP contribution is 2.21. The summed E-state index contributed by atoms with van der Waals surface area (Å²) in [5.41, 5.74) is 2.11. The van der Waals surface area contributed by atoms with Crippen molar-refractivity contribution < 1.29 is 23.0 Å². The van der Waals surface area contributed by atoms with Crippen molar-refractivity contribution >= 4 is 17.9 Å². The van der Waals surface area contributed by atoms with E-state index in [-0.39, 0.29) is 17.4 Å². The minimum absolute atomic E-state index is 0.0694. The molecule has 1 aliphatic heterocycles. The first kappa shape index (κ1) is 18.6. The third-order valence-electron chi connectivity index (χ3n) is 4.19. The van der Waals surface area contributed by atoms with Gasteiger partial charge < -0.3 is 9.47 Å². The highest BCUT2D eigenvalue weighted by Gasteiger charge is 2.24. The minimum atomic E-state index is -0.596. The summed E-state index contributed by atoms with van der Waals surface area (Å²) in [6.07, 6.45) is 1.58. The maximum atomic E-state index is 13.3. The normalized spacial score (nSPS) is 14.6. The number of hydrogen-bond acceptors (Lipinski definition) is 4. The second-order valence-corrected chi connectivity index (χ2v) is 6.33. The summed E-state index contributed by atoms with van der Waals surface area (Å²) in [7, 11) is 0. The number of aliphatic imine (C=N–C) groups is 1. The fourth-order valence-corrected chi connectivity index (χ4v) is 2.72. The molecule has 3 aromatic rings. The zero-order chi connectivity index (χ0) is 20.2. The average Bonchev–Trinajstić information content (AvgIpc) is 3.09. The molecule has 0 fully saturated rings. The van der Waals surface area contributed by atoms with Crippen molar-refractivity contribution in [2.45, 2.75) is 6.61 Å². The lowest BCUT2D eigenvalue weighted by Gasteiger charge is -2.06. The fraction of sp³-hybridized carbons (Fsp3) is 0.0435. The molecule has 3 aromatic carbocycles. The van der Waals surface area contributed by atoms with Gasteiger partial charge in [0.05, 0.1) is 0 Å². The van der Waals surface area contributed by atoms with E-state index in [0.717, 1.165) is 11.1 Å². The Morgan fingerprint density at radius 1 is 0.931 bits per heavy atom. The highest BCUT2D eigenvalue weighted by molar-refractivity contribution is 6.12. The van der Waals surface area contributed by atoms with Crippen LogP contribution in [-0.4, -0.2) is 11.9 Å². The molecule has 0 N–H and O–H groups in total. The van der Waals surface area contributed by atoms with E-state index in [2.05, 4.69) is 4.99 Å². The Bertz CT molecular complexity index is 1100. The fourth-order valence-electron chi connectivity index (χ4n) is 2.72. The van der Waals surface area contributed by atoms with Crippen molar-refractivity contribution in [3.8, 4) is 5.75 Å². The van der Waals surface area contributed by atoms with Gasteiger partial charge in [0, 0.05) is 5.56 Å². The monoisotopic (exact) mass is 391 g/mol. The Morgan fingerprint density at radius 2 is 1.69 bits per heavy atom. The largest absolute Gasteiger partial charge is 0.489 e. The van der Waals surface area contributed by atoms with Crippen LogP contribution in [-0.2, 0) is 16.1 Å². The van der Waals surface area contributed by atoms with Crippen LogP contribution in [0.15, 0.2) is 83.5 Å². The number of benzene rings is 3. The van der Waals surface area contributed by atoms with Crippen molar-refractivity contribution in [1.29, 1.82) is 0 Å². The van der Waals surface area contributed by atoms with E-state index in [1.165, 1.54) is 30.3 Å². The quantitative estimate of drug-likeness (QED) is 0.460. The molecule has 144 valence electrons. The molecule has 0 aromatic heterocycles. The van der Waals surface area contributed by atoms with Crippen LogP contribution in [0.4, 0.5) is 8.78 Å². The Labute approximate surface area is 165 Å². The standard InChI is InChI=1S/C23H15F2NO3/c24-18-8-4-16(5-9-18)14-28-20-10-6-15(7-11-20)12-21-23(27)29-22(26-21)17-2-1-3-19(25)13-17/h1-13H,14H2. The van der Waals surface area contributed by atoms with Crippen LogP contribution < -0.4 is 4.74 Å². The van der Waals surface area contributed by atoms with Gasteiger partial charge in [0.1, 0.15) is 24.0 Å². The molecule has 6 heteroatoms. The van der Waals surface area contributed by atoms with Crippen LogP contribution in [0.1, 0.15) is 16.7 Å². The molecule has 4 nitrogen and oxygen atoms in total. The van der Waals surface area contributed by atoms with E-state index in [4.69, 9.17) is 9.47 Å². The molecule has 0 spiro atoms. The van der Waals surface area contributed by atoms with Crippen LogP contribution in [0.5, 0.6) is 5.75 Å². The van der Waals surface area contributed by atoms with Gasteiger partial charge in [0.25, 0.3) is 0 Å². The van der Waals surface area contributed by atoms with Crippen molar-refractivity contribution in [1.82, 2.24) is 0 Å². The van der Waals surface area contributed by atoms with Gasteiger partial charge >= 0.3 is 5.97 Å². The first-order valence-electron chi connectivity index (χ1n) is 8.83. The van der Waals surface area contributed by atoms with Gasteiger partial charge in [-0.1, -0.05) is 30.3 Å². The third kappa shape index (κ3) is 4.55. The summed E-state index contributed by atoms with van der Waals surface area (Å²) in [4.78, 5) is 16.2. The molecule has 4 rings (SSSR count). The van der Waals surface area contributed by atoms with Crippen LogP contribution in [0.3, 0.4) is 0 Å². The number of ether oxygens (including phenoxy) is 2. The Morgan fingerprint density at radius 3 is 2.41 bits per heavy atom. The molecule has 0 radical (unpaired) electrons. The maximum Gasteiger partial charge on any atom is 0.363 e. The van der Waals surface area contributed by atoms with Crippen LogP contribution >= 0.6 is 0 Å². The molecule has 0 amide bonds. The van der Waals surface area contributed by atoms with E-state index in [1.807, 2.05) is 0 Å². The second kappa shape index (κ2) is 8.06. The smallest absolute Gasteiger partial charge is 0.363 e. The van der Waals surface area contributed by atoms with E-state index in [9.17, 15) is 13.6 Å². The minimum Gasteiger partial charge on any atom is -0.489 e. The predicted molar refractivity (Wildman–Crippen MR) is 104 cm³/mol. The second-order valence-electron chi connectivity index (χ2n) is 6.33. The number of carbonyl (C=O) groups is 1. The number of halogens is 2. The molecular formula is C23H15F2NO3. The van der Waals surface area contributed by atoms with Crippen molar-refractivity contribution in [3.05, 3.63) is 107 Å². The summed E-state index contributed by atoms with van der Waals surface area (Å²) in [6, 6.07) is 18.8. The van der Waals surface area contributed by atoms with E-state index in [1.54, 1.807) is 48.5 Å². The lowest BCUT2D eigenvalue weighted by molar-refractivity contribution is -0.129. The molecule has 29 heavy (non-hydrogen) atoms. The third-order valence-corrected chi connectivity index (χ3v) is 4.19. The summed E-state index contributed by atoms with van der Waals surface area (Å²) >= 11 is 0. The topological polar surface area (TPSA) is 47.9 Å². The van der Waals surface area contributed by atoms with Gasteiger partial charge in [0.2, 0.25) is 5.90 Å². The molecule has 1 aliphatic rings. The molecule has 0 saturated heterocycles. The maximum absolute atomic E-state index is 13.3. The highest BCUT2D eigenvalue weighted by atomic mass is 19.1. The number of esters is 1. The summed E-state index contributed by atoms with van der Waals surface area (Å²) in [5.74, 6) is -0.620. The first-order chi connectivity index (χ1) is 14.1. The lowest BCUT2D eigenvalue weighted by atomic mass is 10.2. The summed E-state index contributed by atoms with van der Waals surface area (Å²) in [6.45, 7) is 0.314. The van der Waals surface area contributed by atoms with Gasteiger partial charge in [0.15, 0.2) is 5.70 Å². The Hall–Kier alpha value is -3.80. The van der Waals surface area contributed by atoms with E-state index in [0.29, 0.717) is 17.9 Å². The van der Waals surface area contributed by atoms with Crippen molar-refractivity contribution in [3.63, 3.8) is 0 Å². The molecule has 1 heterocycles. The Kier molecular flexibility index (Phi) is 5.16. The molecule has 0 atom stereocenters. The van der Waals surface area contributed by atoms with Gasteiger partial charge in [-0.2, -0.15) is 0 Å². The van der Waals surface area contributed by atoms with Crippen LogP contribution in [0.2, 0.25) is 0 Å². The van der Waals surface area contributed by atoms with Gasteiger partial charge in [-0.3, -0.25) is 0 Å². The lowest BCUT2D eigenvalue weighted by Crippen LogP contribution is -2.05. The molecule has 0 aliphatic carbocycles. The SMILES string of the molecule is O=C1OC(c2cccc(F)c2)=NC1=Cc1ccc(OCc2ccc(F)cc2)cc1. The van der Waals surface area contributed by atoms with Crippen LogP contribution in [0.25, 0.3) is 6.08 Å². The zero-order valence-electron chi connectivity index (χ0n) is 15.1. The van der Waals surface area contributed by atoms with E-state index >= 15 is 0 Å². The molecule has 0 bridgehead atoms. The van der Waals surface area contributed by atoms with Gasteiger partial charge in [-0.25, -0.2) is 18.6 Å². The zero-order valence-corrected chi connectivity index (χ0v) is 15.1. The number of carbonyl (C=O) groups excluding carboxylic acids is 1. The average molecular weight is 391 g/mol. The number of hydrogen-bond donors (Lipinski definition) is 0. The predicted octanol–water partition coefficient (Wildman–Crippen LogP) is 4.89.